The maximum atomic E-state index is 12.5. The fourth-order valence-corrected chi connectivity index (χ4v) is 2.95. The van der Waals surface area contributed by atoms with E-state index in [9.17, 15) is 4.79 Å². The molecule has 5 aromatic rings. The molecule has 0 aliphatic rings. The lowest BCUT2D eigenvalue weighted by molar-refractivity contribution is 0.864. The molecule has 0 radical (unpaired) electrons. The molecule has 0 amide bonds. The largest absolute Gasteiger partial charge is 0.323 e. The number of fused-ring (bicyclic) bond motifs is 2. The molecule has 2 aromatic carbocycles. The third-order valence-corrected chi connectivity index (χ3v) is 4.22. The van der Waals surface area contributed by atoms with Crippen LogP contribution in [0.4, 0.5) is 0 Å². The van der Waals surface area contributed by atoms with Crippen molar-refractivity contribution in [3.63, 3.8) is 0 Å². The second kappa shape index (κ2) is 5.62. The lowest BCUT2D eigenvalue weighted by Gasteiger charge is -2.01. The third kappa shape index (κ3) is 2.44. The molecule has 26 heavy (non-hydrogen) atoms. The van der Waals surface area contributed by atoms with Crippen LogP contribution in [0.2, 0.25) is 0 Å². The standard InChI is InChI=1S/C18H13N7O/c26-17-10-14(12-6-7-13-15(9-12)22-24-21-13)19-18-20-16(23-25(17)18)8-11-4-2-1-3-5-11/h1-7,9-10H,8H2,(H,19,20,23)(H,21,22,24). The Morgan fingerprint density at radius 2 is 1.92 bits per heavy atom. The van der Waals surface area contributed by atoms with E-state index in [-0.39, 0.29) is 5.56 Å². The molecule has 0 atom stereocenters. The summed E-state index contributed by atoms with van der Waals surface area (Å²) in [6.07, 6.45) is 0.566. The second-order valence-corrected chi connectivity index (χ2v) is 5.99. The summed E-state index contributed by atoms with van der Waals surface area (Å²) in [4.78, 5) is 20.1. The number of benzene rings is 2. The predicted molar refractivity (Wildman–Crippen MR) is 95.7 cm³/mol. The molecule has 5 rings (SSSR count). The van der Waals surface area contributed by atoms with Gasteiger partial charge in [-0.05, 0) is 17.7 Å². The molecule has 8 heteroatoms. The molecule has 0 spiro atoms. The smallest absolute Gasteiger partial charge is 0.276 e. The number of hydrogen-bond acceptors (Lipinski definition) is 5. The van der Waals surface area contributed by atoms with Crippen molar-refractivity contribution in [2.24, 2.45) is 0 Å². The Balaban J connectivity index is 1.58. The highest BCUT2D eigenvalue weighted by Crippen LogP contribution is 2.20. The maximum absolute atomic E-state index is 12.5. The van der Waals surface area contributed by atoms with E-state index in [4.69, 9.17) is 0 Å². The lowest BCUT2D eigenvalue weighted by atomic mass is 10.1. The van der Waals surface area contributed by atoms with Gasteiger partial charge in [0.2, 0.25) is 5.78 Å². The van der Waals surface area contributed by atoms with Gasteiger partial charge in [-0.25, -0.2) is 0 Å². The van der Waals surface area contributed by atoms with Gasteiger partial charge in [-0.2, -0.15) is 9.50 Å². The molecule has 0 saturated carbocycles. The topological polar surface area (TPSA) is 105 Å². The molecule has 0 saturated heterocycles. The van der Waals surface area contributed by atoms with Gasteiger partial charge in [-0.1, -0.05) is 41.6 Å². The maximum Gasteiger partial charge on any atom is 0.276 e. The fourth-order valence-electron chi connectivity index (χ4n) is 2.95. The van der Waals surface area contributed by atoms with E-state index >= 15 is 0 Å². The van der Waals surface area contributed by atoms with E-state index in [0.29, 0.717) is 23.7 Å². The summed E-state index contributed by atoms with van der Waals surface area (Å²) < 4.78 is 1.29. The molecule has 3 aromatic heterocycles. The van der Waals surface area contributed by atoms with E-state index in [1.807, 2.05) is 48.5 Å². The molecular formula is C18H13N7O. The zero-order chi connectivity index (χ0) is 17.5. The zero-order valence-electron chi connectivity index (χ0n) is 13.5. The molecule has 126 valence electrons. The molecule has 2 N–H and O–H groups in total. The van der Waals surface area contributed by atoms with E-state index in [0.717, 1.165) is 22.2 Å². The first kappa shape index (κ1) is 14.5. The van der Waals surface area contributed by atoms with E-state index < -0.39 is 0 Å². The molecular weight excluding hydrogens is 330 g/mol. The van der Waals surface area contributed by atoms with Crippen LogP contribution < -0.4 is 5.56 Å². The Morgan fingerprint density at radius 1 is 1.04 bits per heavy atom. The second-order valence-electron chi connectivity index (χ2n) is 5.99. The van der Waals surface area contributed by atoms with Crippen molar-refractivity contribution in [3.8, 4) is 11.3 Å². The summed E-state index contributed by atoms with van der Waals surface area (Å²) in [7, 11) is 0. The molecule has 0 unspecified atom stereocenters. The number of nitrogens with zero attached hydrogens (tertiary/aromatic N) is 5. The summed E-state index contributed by atoms with van der Waals surface area (Å²) in [6.45, 7) is 0. The van der Waals surface area contributed by atoms with Crippen molar-refractivity contribution in [3.05, 3.63) is 76.3 Å². The van der Waals surface area contributed by atoms with E-state index in [1.165, 1.54) is 10.6 Å². The Labute approximate surface area is 146 Å². The van der Waals surface area contributed by atoms with Gasteiger partial charge >= 0.3 is 0 Å². The van der Waals surface area contributed by atoms with Crippen LogP contribution in [0.3, 0.4) is 0 Å². The Hall–Kier alpha value is -3.81. The van der Waals surface area contributed by atoms with Crippen molar-refractivity contribution in [2.75, 3.05) is 0 Å². The average molecular weight is 343 g/mol. The minimum absolute atomic E-state index is 0.235. The molecule has 0 aliphatic heterocycles. The van der Waals surface area contributed by atoms with Crippen molar-refractivity contribution in [1.29, 1.82) is 0 Å². The molecule has 0 aliphatic carbocycles. The summed E-state index contributed by atoms with van der Waals surface area (Å²) in [5, 5.41) is 14.9. The number of nitrogens with one attached hydrogen (secondary N) is 2. The average Bonchev–Trinajstić information content (AvgIpc) is 3.28. The van der Waals surface area contributed by atoms with Gasteiger partial charge in [0.15, 0.2) is 5.82 Å². The molecule has 0 fully saturated rings. The summed E-state index contributed by atoms with van der Waals surface area (Å²) in [6, 6.07) is 17.0. The van der Waals surface area contributed by atoms with Gasteiger partial charge in [0, 0.05) is 18.1 Å². The van der Waals surface area contributed by atoms with Crippen LogP contribution >= 0.6 is 0 Å². The van der Waals surface area contributed by atoms with Gasteiger partial charge in [0.25, 0.3) is 5.56 Å². The minimum atomic E-state index is -0.235. The van der Waals surface area contributed by atoms with Crippen molar-refractivity contribution in [2.45, 2.75) is 6.42 Å². The third-order valence-electron chi connectivity index (χ3n) is 4.22. The summed E-state index contributed by atoms with van der Waals surface area (Å²) in [5.41, 5.74) is 3.91. The van der Waals surface area contributed by atoms with Crippen LogP contribution in [0, 0.1) is 0 Å². The van der Waals surface area contributed by atoms with E-state index in [2.05, 4.69) is 30.5 Å². The first-order valence-electron chi connectivity index (χ1n) is 8.10. The van der Waals surface area contributed by atoms with Crippen LogP contribution in [0.1, 0.15) is 11.4 Å². The Morgan fingerprint density at radius 3 is 2.81 bits per heavy atom. The number of rotatable bonds is 3. The SMILES string of the molecule is O=c1cc(-c2ccc3[nH]nnc3c2)[nH]c2nc(Cc3ccccc3)nn12. The fraction of sp³-hybridized carbons (Fsp3) is 0.0556. The predicted octanol–water partition coefficient (Wildman–Crippen LogP) is 1.95. The quantitative estimate of drug-likeness (QED) is 0.521. The summed E-state index contributed by atoms with van der Waals surface area (Å²) >= 11 is 0. The van der Waals surface area contributed by atoms with Gasteiger partial charge in [0.1, 0.15) is 5.52 Å². The highest BCUT2D eigenvalue weighted by molar-refractivity contribution is 5.80. The Bertz CT molecular complexity index is 1280. The summed E-state index contributed by atoms with van der Waals surface area (Å²) in [5.74, 6) is 1.01. The number of hydrogen-bond donors (Lipinski definition) is 2. The number of aromatic nitrogens is 7. The van der Waals surface area contributed by atoms with Crippen LogP contribution in [-0.2, 0) is 6.42 Å². The van der Waals surface area contributed by atoms with E-state index in [1.54, 1.807) is 0 Å². The lowest BCUT2D eigenvalue weighted by Crippen LogP contribution is -2.14. The van der Waals surface area contributed by atoms with Crippen molar-refractivity contribution >= 4 is 16.8 Å². The van der Waals surface area contributed by atoms with Crippen LogP contribution in [-0.4, -0.2) is 35.0 Å². The molecule has 8 nitrogen and oxygen atoms in total. The number of aromatic amines is 2. The van der Waals surface area contributed by atoms with Gasteiger partial charge in [0.05, 0.1) is 11.2 Å². The van der Waals surface area contributed by atoms with Crippen LogP contribution in [0.25, 0.3) is 28.1 Å². The van der Waals surface area contributed by atoms with Gasteiger partial charge in [-0.15, -0.1) is 10.2 Å². The first-order chi connectivity index (χ1) is 12.8. The van der Waals surface area contributed by atoms with Crippen molar-refractivity contribution < 1.29 is 0 Å². The van der Waals surface area contributed by atoms with Crippen LogP contribution in [0.15, 0.2) is 59.4 Å². The molecule has 3 heterocycles. The monoisotopic (exact) mass is 343 g/mol. The van der Waals surface area contributed by atoms with Gasteiger partial charge in [-0.3, -0.25) is 9.89 Å². The highest BCUT2D eigenvalue weighted by atomic mass is 16.1. The Kier molecular flexibility index (Phi) is 3.14. The van der Waals surface area contributed by atoms with Crippen LogP contribution in [0.5, 0.6) is 0 Å². The normalized spacial score (nSPS) is 11.4. The molecule has 0 bridgehead atoms. The minimum Gasteiger partial charge on any atom is -0.323 e. The zero-order valence-corrected chi connectivity index (χ0v) is 13.5. The number of H-pyrrole nitrogens is 2. The first-order valence-corrected chi connectivity index (χ1v) is 8.10. The van der Waals surface area contributed by atoms with Crippen molar-refractivity contribution in [1.82, 2.24) is 35.0 Å². The van der Waals surface area contributed by atoms with Gasteiger partial charge < -0.3 is 4.98 Å². The highest BCUT2D eigenvalue weighted by Gasteiger charge is 2.11.